The van der Waals surface area contributed by atoms with Crippen molar-refractivity contribution in [3.05, 3.63) is 57.4 Å². The Bertz CT molecular complexity index is 719. The molecule has 0 amide bonds. The molecule has 108 valence electrons. The summed E-state index contributed by atoms with van der Waals surface area (Å²) in [6.45, 7) is 0. The van der Waals surface area contributed by atoms with Crippen LogP contribution in [0.2, 0.25) is 5.02 Å². The van der Waals surface area contributed by atoms with E-state index in [1.165, 1.54) is 4.88 Å². The number of halogens is 1. The molecule has 0 atom stereocenters. The molecule has 3 aromatic rings. The van der Waals surface area contributed by atoms with Gasteiger partial charge in [-0.2, -0.15) is 5.10 Å². The summed E-state index contributed by atoms with van der Waals surface area (Å²) in [5.41, 5.74) is 8.94. The van der Waals surface area contributed by atoms with Crippen molar-refractivity contribution in [3.63, 3.8) is 0 Å². The number of nitrogen functional groups attached to an aromatic ring is 1. The second kappa shape index (κ2) is 6.33. The lowest BCUT2D eigenvalue weighted by Gasteiger charge is -2.06. The third-order valence-corrected chi connectivity index (χ3v) is 4.71. The SMILES string of the molecule is Nc1n[nH]c(CCCc2cccs2)c1-c1ccccc1Cl. The molecule has 0 saturated heterocycles. The Morgan fingerprint density at radius 2 is 2.00 bits per heavy atom. The maximum atomic E-state index is 6.28. The van der Waals surface area contributed by atoms with Gasteiger partial charge in [-0.05, 0) is 36.8 Å². The molecule has 1 aromatic carbocycles. The van der Waals surface area contributed by atoms with Crippen LogP contribution in [0.25, 0.3) is 11.1 Å². The molecular weight excluding hydrogens is 302 g/mol. The molecule has 0 bridgehead atoms. The highest BCUT2D eigenvalue weighted by atomic mass is 35.5. The second-order valence-electron chi connectivity index (χ2n) is 4.88. The molecule has 0 aliphatic rings. The number of H-pyrrole nitrogens is 1. The highest BCUT2D eigenvalue weighted by molar-refractivity contribution is 7.09. The van der Waals surface area contributed by atoms with Gasteiger partial charge in [0.1, 0.15) is 0 Å². The number of aromatic nitrogens is 2. The van der Waals surface area contributed by atoms with Gasteiger partial charge in [-0.1, -0.05) is 35.9 Å². The number of benzene rings is 1. The zero-order valence-corrected chi connectivity index (χ0v) is 13.0. The lowest BCUT2D eigenvalue weighted by molar-refractivity contribution is 0.802. The Morgan fingerprint density at radius 1 is 1.14 bits per heavy atom. The summed E-state index contributed by atoms with van der Waals surface area (Å²) >= 11 is 8.07. The summed E-state index contributed by atoms with van der Waals surface area (Å²) in [4.78, 5) is 1.40. The second-order valence-corrected chi connectivity index (χ2v) is 6.31. The van der Waals surface area contributed by atoms with Crippen LogP contribution in [0.15, 0.2) is 41.8 Å². The smallest absolute Gasteiger partial charge is 0.153 e. The largest absolute Gasteiger partial charge is 0.382 e. The normalized spacial score (nSPS) is 10.9. The van der Waals surface area contributed by atoms with Crippen molar-refractivity contribution >= 4 is 28.8 Å². The molecule has 3 nitrogen and oxygen atoms in total. The van der Waals surface area contributed by atoms with Crippen molar-refractivity contribution in [2.24, 2.45) is 0 Å². The Morgan fingerprint density at radius 3 is 2.76 bits per heavy atom. The average molecular weight is 318 g/mol. The quantitative estimate of drug-likeness (QED) is 0.725. The number of anilines is 1. The predicted octanol–water partition coefficient (Wildman–Crippen LogP) is 4.55. The van der Waals surface area contributed by atoms with Crippen LogP contribution in [0, 0.1) is 0 Å². The lowest BCUT2D eigenvalue weighted by atomic mass is 10.0. The number of aryl methyl sites for hydroxylation is 2. The third-order valence-electron chi connectivity index (χ3n) is 3.44. The van der Waals surface area contributed by atoms with Gasteiger partial charge in [0.15, 0.2) is 5.82 Å². The molecule has 0 spiro atoms. The zero-order chi connectivity index (χ0) is 14.7. The van der Waals surface area contributed by atoms with Gasteiger partial charge in [0, 0.05) is 26.7 Å². The topological polar surface area (TPSA) is 54.7 Å². The van der Waals surface area contributed by atoms with Crippen LogP contribution in [-0.4, -0.2) is 10.2 Å². The number of hydrogen-bond donors (Lipinski definition) is 2. The molecule has 0 saturated carbocycles. The van der Waals surface area contributed by atoms with Gasteiger partial charge in [-0.15, -0.1) is 11.3 Å². The molecule has 5 heteroatoms. The zero-order valence-electron chi connectivity index (χ0n) is 11.5. The molecule has 0 radical (unpaired) electrons. The standard InChI is InChI=1S/C16H16ClN3S/c17-13-8-2-1-7-12(13)15-14(19-20-16(15)18)9-3-5-11-6-4-10-21-11/h1-2,4,6-8,10H,3,5,9H2,(H3,18,19,20). The fraction of sp³-hybridized carbons (Fsp3) is 0.188. The van der Waals surface area contributed by atoms with Crippen molar-refractivity contribution in [1.82, 2.24) is 10.2 Å². The van der Waals surface area contributed by atoms with E-state index in [0.717, 1.165) is 36.1 Å². The Kier molecular flexibility index (Phi) is 4.27. The minimum Gasteiger partial charge on any atom is -0.382 e. The predicted molar refractivity (Wildman–Crippen MR) is 89.8 cm³/mol. The van der Waals surface area contributed by atoms with E-state index >= 15 is 0 Å². The van der Waals surface area contributed by atoms with E-state index < -0.39 is 0 Å². The first-order valence-electron chi connectivity index (χ1n) is 6.85. The number of nitrogens with zero attached hydrogens (tertiary/aromatic N) is 1. The third kappa shape index (κ3) is 3.12. The van der Waals surface area contributed by atoms with Gasteiger partial charge in [0.25, 0.3) is 0 Å². The Hall–Kier alpha value is -1.78. The van der Waals surface area contributed by atoms with Gasteiger partial charge in [-0.3, -0.25) is 5.10 Å². The van der Waals surface area contributed by atoms with E-state index in [0.29, 0.717) is 10.8 Å². The first-order valence-corrected chi connectivity index (χ1v) is 8.11. The molecule has 0 aliphatic heterocycles. The summed E-state index contributed by atoms with van der Waals surface area (Å²) < 4.78 is 0. The van der Waals surface area contributed by atoms with Crippen LogP contribution in [-0.2, 0) is 12.8 Å². The van der Waals surface area contributed by atoms with Crippen LogP contribution in [0.4, 0.5) is 5.82 Å². The highest BCUT2D eigenvalue weighted by Gasteiger charge is 2.15. The van der Waals surface area contributed by atoms with Crippen molar-refractivity contribution in [1.29, 1.82) is 0 Å². The van der Waals surface area contributed by atoms with E-state index in [1.807, 2.05) is 24.3 Å². The lowest BCUT2D eigenvalue weighted by Crippen LogP contribution is -1.93. The summed E-state index contributed by atoms with van der Waals surface area (Å²) in [6.07, 6.45) is 3.03. The molecule has 2 aromatic heterocycles. The Labute approximate surface area is 132 Å². The fourth-order valence-corrected chi connectivity index (χ4v) is 3.42. The van der Waals surface area contributed by atoms with Crippen LogP contribution in [0.1, 0.15) is 17.0 Å². The molecule has 3 rings (SSSR count). The number of hydrogen-bond acceptors (Lipinski definition) is 3. The summed E-state index contributed by atoms with van der Waals surface area (Å²) in [5.74, 6) is 0.509. The van der Waals surface area contributed by atoms with Gasteiger partial charge < -0.3 is 5.73 Å². The molecule has 2 heterocycles. The number of nitrogens with two attached hydrogens (primary N) is 1. The fourth-order valence-electron chi connectivity index (χ4n) is 2.43. The number of rotatable bonds is 5. The van der Waals surface area contributed by atoms with Crippen LogP contribution in [0.5, 0.6) is 0 Å². The van der Waals surface area contributed by atoms with Crippen molar-refractivity contribution in [3.8, 4) is 11.1 Å². The Balaban J connectivity index is 1.79. The molecule has 0 aliphatic carbocycles. The number of aromatic amines is 1. The monoisotopic (exact) mass is 317 g/mol. The van der Waals surface area contributed by atoms with Crippen LogP contribution >= 0.6 is 22.9 Å². The maximum absolute atomic E-state index is 6.28. The molecular formula is C16H16ClN3S. The maximum Gasteiger partial charge on any atom is 0.153 e. The van der Waals surface area contributed by atoms with E-state index in [-0.39, 0.29) is 0 Å². The highest BCUT2D eigenvalue weighted by Crippen LogP contribution is 2.34. The first kappa shape index (κ1) is 14.2. The van der Waals surface area contributed by atoms with Crippen molar-refractivity contribution < 1.29 is 0 Å². The van der Waals surface area contributed by atoms with Gasteiger partial charge >= 0.3 is 0 Å². The van der Waals surface area contributed by atoms with Crippen LogP contribution < -0.4 is 5.73 Å². The van der Waals surface area contributed by atoms with E-state index in [1.54, 1.807) is 11.3 Å². The van der Waals surface area contributed by atoms with E-state index in [4.69, 9.17) is 17.3 Å². The van der Waals surface area contributed by atoms with E-state index in [2.05, 4.69) is 27.7 Å². The first-order chi connectivity index (χ1) is 10.3. The number of nitrogens with one attached hydrogen (secondary N) is 1. The minimum absolute atomic E-state index is 0.509. The molecule has 0 unspecified atom stereocenters. The summed E-state index contributed by atoms with van der Waals surface area (Å²) in [5, 5.41) is 10.0. The average Bonchev–Trinajstić information content (AvgIpc) is 3.11. The number of thiophene rings is 1. The van der Waals surface area contributed by atoms with Crippen LogP contribution in [0.3, 0.4) is 0 Å². The summed E-state index contributed by atoms with van der Waals surface area (Å²) in [6, 6.07) is 12.0. The molecule has 21 heavy (non-hydrogen) atoms. The van der Waals surface area contributed by atoms with E-state index in [9.17, 15) is 0 Å². The van der Waals surface area contributed by atoms with Gasteiger partial charge in [0.2, 0.25) is 0 Å². The molecule has 3 N–H and O–H groups in total. The molecule has 0 fully saturated rings. The van der Waals surface area contributed by atoms with Crippen molar-refractivity contribution in [2.45, 2.75) is 19.3 Å². The summed E-state index contributed by atoms with van der Waals surface area (Å²) in [7, 11) is 0. The minimum atomic E-state index is 0.509. The van der Waals surface area contributed by atoms with Gasteiger partial charge in [-0.25, -0.2) is 0 Å². The van der Waals surface area contributed by atoms with Crippen molar-refractivity contribution in [2.75, 3.05) is 5.73 Å². The van der Waals surface area contributed by atoms with Gasteiger partial charge in [0.05, 0.1) is 0 Å².